The third-order valence-electron chi connectivity index (χ3n) is 4.79. The Hall–Kier alpha value is -1.46. The molecule has 2 aliphatic heterocycles. The van der Waals surface area contributed by atoms with Gasteiger partial charge in [-0.25, -0.2) is 0 Å². The number of pyridine rings is 1. The van der Waals surface area contributed by atoms with Gasteiger partial charge in [0.15, 0.2) is 0 Å². The Morgan fingerprint density at radius 2 is 2.27 bits per heavy atom. The first kappa shape index (κ1) is 15.4. The summed E-state index contributed by atoms with van der Waals surface area (Å²) in [7, 11) is 0. The third-order valence-corrected chi connectivity index (χ3v) is 4.79. The maximum absolute atomic E-state index is 12.4. The van der Waals surface area contributed by atoms with E-state index in [9.17, 15) is 4.79 Å². The minimum atomic E-state index is 0.0419. The summed E-state index contributed by atoms with van der Waals surface area (Å²) in [5.74, 6) is 0.0419. The van der Waals surface area contributed by atoms with Crippen LogP contribution in [0.15, 0.2) is 24.4 Å². The zero-order chi connectivity index (χ0) is 15.4. The van der Waals surface area contributed by atoms with E-state index in [2.05, 4.69) is 4.98 Å². The van der Waals surface area contributed by atoms with Crippen molar-refractivity contribution in [2.24, 2.45) is 5.41 Å². The summed E-state index contributed by atoms with van der Waals surface area (Å²) in [5.41, 5.74) is 0.776. The van der Waals surface area contributed by atoms with E-state index < -0.39 is 0 Å². The molecule has 1 amide bonds. The minimum absolute atomic E-state index is 0.0419. The van der Waals surface area contributed by atoms with Gasteiger partial charge in [0.05, 0.1) is 19.3 Å². The first-order chi connectivity index (χ1) is 10.7. The smallest absolute Gasteiger partial charge is 0.272 e. The van der Waals surface area contributed by atoms with Gasteiger partial charge in [-0.15, -0.1) is 0 Å². The molecule has 1 unspecified atom stereocenters. The predicted octanol–water partition coefficient (Wildman–Crippen LogP) is 2.13. The maximum atomic E-state index is 12.4. The van der Waals surface area contributed by atoms with Crippen molar-refractivity contribution in [2.45, 2.75) is 32.3 Å². The summed E-state index contributed by atoms with van der Waals surface area (Å²) in [6.45, 7) is 5.82. The number of rotatable bonds is 4. The van der Waals surface area contributed by atoms with Gasteiger partial charge in [-0.2, -0.15) is 0 Å². The molecule has 1 aromatic rings. The number of nitrogens with zero attached hydrogens (tertiary/aromatic N) is 2. The molecule has 1 spiro atoms. The van der Waals surface area contributed by atoms with Crippen LogP contribution in [0, 0.1) is 5.41 Å². The van der Waals surface area contributed by atoms with Crippen LogP contribution in [-0.4, -0.2) is 54.8 Å². The molecular weight excluding hydrogens is 280 g/mol. The van der Waals surface area contributed by atoms with Gasteiger partial charge in [0.2, 0.25) is 0 Å². The van der Waals surface area contributed by atoms with Crippen molar-refractivity contribution in [1.29, 1.82) is 0 Å². The Labute approximate surface area is 131 Å². The standard InChI is InChI=1S/C17H24N2O3/c1-2-21-12-14-11-17(13-22-14)6-9-19(10-7-17)16(20)15-5-3-4-8-18-15/h3-5,8,14H,2,6-7,9-13H2,1H3. The van der Waals surface area contributed by atoms with Crippen LogP contribution >= 0.6 is 0 Å². The molecule has 0 aromatic carbocycles. The zero-order valence-corrected chi connectivity index (χ0v) is 13.2. The van der Waals surface area contributed by atoms with E-state index in [1.165, 1.54) is 0 Å². The van der Waals surface area contributed by atoms with Crippen molar-refractivity contribution < 1.29 is 14.3 Å². The molecule has 3 heterocycles. The zero-order valence-electron chi connectivity index (χ0n) is 13.2. The van der Waals surface area contributed by atoms with Crippen LogP contribution in [0.25, 0.3) is 0 Å². The predicted molar refractivity (Wildman–Crippen MR) is 82.7 cm³/mol. The van der Waals surface area contributed by atoms with Gasteiger partial charge >= 0.3 is 0 Å². The highest BCUT2D eigenvalue weighted by Crippen LogP contribution is 2.42. The molecule has 2 aliphatic rings. The van der Waals surface area contributed by atoms with Crippen LogP contribution in [0.5, 0.6) is 0 Å². The average molecular weight is 304 g/mol. The van der Waals surface area contributed by atoms with E-state index >= 15 is 0 Å². The summed E-state index contributed by atoms with van der Waals surface area (Å²) in [6.07, 6.45) is 4.96. The molecule has 2 saturated heterocycles. The molecule has 0 radical (unpaired) electrons. The number of hydrogen-bond donors (Lipinski definition) is 0. The van der Waals surface area contributed by atoms with E-state index in [1.54, 1.807) is 12.3 Å². The fraction of sp³-hybridized carbons (Fsp3) is 0.647. The van der Waals surface area contributed by atoms with Gasteiger partial charge in [0.1, 0.15) is 5.69 Å². The number of ether oxygens (including phenoxy) is 2. The van der Waals surface area contributed by atoms with Crippen molar-refractivity contribution in [3.8, 4) is 0 Å². The molecule has 22 heavy (non-hydrogen) atoms. The molecule has 1 aromatic heterocycles. The highest BCUT2D eigenvalue weighted by molar-refractivity contribution is 5.92. The molecule has 0 aliphatic carbocycles. The second kappa shape index (κ2) is 6.75. The van der Waals surface area contributed by atoms with E-state index in [0.29, 0.717) is 12.3 Å². The highest BCUT2D eigenvalue weighted by atomic mass is 16.5. The third kappa shape index (κ3) is 3.31. The lowest BCUT2D eigenvalue weighted by Gasteiger charge is -2.38. The van der Waals surface area contributed by atoms with Gasteiger partial charge < -0.3 is 14.4 Å². The van der Waals surface area contributed by atoms with Gasteiger partial charge in [-0.1, -0.05) is 6.07 Å². The number of hydrogen-bond acceptors (Lipinski definition) is 4. The lowest BCUT2D eigenvalue weighted by molar-refractivity contribution is 0.0159. The second-order valence-electron chi connectivity index (χ2n) is 6.30. The number of amides is 1. The summed E-state index contributed by atoms with van der Waals surface area (Å²) < 4.78 is 11.4. The Kier molecular flexibility index (Phi) is 4.74. The largest absolute Gasteiger partial charge is 0.379 e. The van der Waals surface area contributed by atoms with Gasteiger partial charge in [0, 0.05) is 25.9 Å². The van der Waals surface area contributed by atoms with Crippen molar-refractivity contribution >= 4 is 5.91 Å². The van der Waals surface area contributed by atoms with Gasteiger partial charge in [-0.3, -0.25) is 9.78 Å². The highest BCUT2D eigenvalue weighted by Gasteiger charge is 2.43. The lowest BCUT2D eigenvalue weighted by atomic mass is 9.76. The summed E-state index contributed by atoms with van der Waals surface area (Å²) in [6, 6.07) is 5.47. The molecule has 0 N–H and O–H groups in total. The van der Waals surface area contributed by atoms with Crippen molar-refractivity contribution in [3.05, 3.63) is 30.1 Å². The molecular formula is C17H24N2O3. The summed E-state index contributed by atoms with van der Waals surface area (Å²) >= 11 is 0. The van der Waals surface area contributed by atoms with Crippen LogP contribution < -0.4 is 0 Å². The minimum Gasteiger partial charge on any atom is -0.379 e. The van der Waals surface area contributed by atoms with E-state index in [1.807, 2.05) is 24.0 Å². The monoisotopic (exact) mass is 304 g/mol. The Morgan fingerprint density at radius 1 is 1.45 bits per heavy atom. The van der Waals surface area contributed by atoms with E-state index in [-0.39, 0.29) is 17.4 Å². The Morgan fingerprint density at radius 3 is 2.95 bits per heavy atom. The normalized spacial score (nSPS) is 23.9. The SMILES string of the molecule is CCOCC1CC2(CCN(C(=O)c3ccccn3)CC2)CO1. The molecule has 3 rings (SSSR count). The summed E-state index contributed by atoms with van der Waals surface area (Å²) in [5, 5.41) is 0. The van der Waals surface area contributed by atoms with Crippen molar-refractivity contribution in [2.75, 3.05) is 32.9 Å². The number of aromatic nitrogens is 1. The fourth-order valence-electron chi connectivity index (χ4n) is 3.44. The van der Waals surface area contributed by atoms with E-state index in [0.717, 1.165) is 45.6 Å². The van der Waals surface area contributed by atoms with E-state index in [4.69, 9.17) is 9.47 Å². The second-order valence-corrected chi connectivity index (χ2v) is 6.30. The van der Waals surface area contributed by atoms with Crippen LogP contribution in [0.4, 0.5) is 0 Å². The van der Waals surface area contributed by atoms with Gasteiger partial charge in [-0.05, 0) is 43.7 Å². The Bertz CT molecular complexity index is 498. The van der Waals surface area contributed by atoms with Gasteiger partial charge in [0.25, 0.3) is 5.91 Å². The fourth-order valence-corrected chi connectivity index (χ4v) is 3.44. The maximum Gasteiger partial charge on any atom is 0.272 e. The number of piperidine rings is 1. The topological polar surface area (TPSA) is 51.7 Å². The average Bonchev–Trinajstić information content (AvgIpc) is 2.96. The van der Waals surface area contributed by atoms with Crippen LogP contribution in [-0.2, 0) is 9.47 Å². The number of carbonyl (C=O) groups excluding carboxylic acids is 1. The lowest BCUT2D eigenvalue weighted by Crippen LogP contribution is -2.43. The quantitative estimate of drug-likeness (QED) is 0.855. The molecule has 2 fully saturated rings. The molecule has 120 valence electrons. The number of carbonyl (C=O) groups is 1. The van der Waals surface area contributed by atoms with Crippen molar-refractivity contribution in [1.82, 2.24) is 9.88 Å². The molecule has 5 heteroatoms. The Balaban J connectivity index is 1.54. The van der Waals surface area contributed by atoms with Crippen LogP contribution in [0.3, 0.4) is 0 Å². The van der Waals surface area contributed by atoms with Crippen molar-refractivity contribution in [3.63, 3.8) is 0 Å². The number of likely N-dealkylation sites (tertiary alicyclic amines) is 1. The van der Waals surface area contributed by atoms with Crippen LogP contribution in [0.1, 0.15) is 36.7 Å². The van der Waals surface area contributed by atoms with Crippen LogP contribution in [0.2, 0.25) is 0 Å². The first-order valence-corrected chi connectivity index (χ1v) is 8.12. The molecule has 1 atom stereocenters. The summed E-state index contributed by atoms with van der Waals surface area (Å²) in [4.78, 5) is 18.5. The molecule has 0 bridgehead atoms. The first-order valence-electron chi connectivity index (χ1n) is 8.12. The molecule has 0 saturated carbocycles. The molecule has 5 nitrogen and oxygen atoms in total.